The molecule has 3 rings (SSSR count). The fraction of sp³-hybridized carbons (Fsp3) is 0.524. The minimum absolute atomic E-state index is 0.124. The number of unbranched alkanes of at least 4 members (excludes halogenated alkanes) is 1. The molecule has 2 aromatic heterocycles. The number of fused-ring (bicyclic) bond motifs is 3. The smallest absolute Gasteiger partial charge is 0.407 e. The van der Waals surface area contributed by atoms with E-state index in [2.05, 4.69) is 20.8 Å². The molecular formula is C21H30N6O4. The van der Waals surface area contributed by atoms with Crippen LogP contribution in [0.25, 0.3) is 16.7 Å². The third kappa shape index (κ3) is 5.94. The molecule has 10 heteroatoms. The van der Waals surface area contributed by atoms with Gasteiger partial charge in [-0.3, -0.25) is 4.40 Å². The van der Waals surface area contributed by atoms with Crippen molar-refractivity contribution >= 4 is 28.6 Å². The molecule has 168 valence electrons. The number of carbonyl (C=O) groups excluding carboxylic acids is 1. The Hall–Kier alpha value is -3.14. The van der Waals surface area contributed by atoms with Gasteiger partial charge in [0.2, 0.25) is 5.65 Å². The lowest BCUT2D eigenvalue weighted by atomic mass is 10.2. The number of hydrogen-bond acceptors (Lipinski definition) is 8. The number of carbonyl (C=O) groups is 1. The maximum Gasteiger partial charge on any atom is 0.407 e. The third-order valence-corrected chi connectivity index (χ3v) is 4.52. The SMILES string of the molecule is COCCOc1ccc2c(c1)nc(NCCCCNC(=O)OC(C)C)c1nnc(C)n12. The summed E-state index contributed by atoms with van der Waals surface area (Å²) in [5.74, 6) is 2.17. The van der Waals surface area contributed by atoms with Gasteiger partial charge in [0.15, 0.2) is 5.82 Å². The van der Waals surface area contributed by atoms with Gasteiger partial charge < -0.3 is 24.8 Å². The van der Waals surface area contributed by atoms with Crippen LogP contribution in [0, 0.1) is 6.92 Å². The molecule has 0 fully saturated rings. The van der Waals surface area contributed by atoms with Gasteiger partial charge in [-0.2, -0.15) is 0 Å². The maximum atomic E-state index is 11.5. The molecule has 10 nitrogen and oxygen atoms in total. The molecule has 0 aliphatic rings. The molecule has 0 atom stereocenters. The van der Waals surface area contributed by atoms with Gasteiger partial charge in [-0.25, -0.2) is 9.78 Å². The molecule has 2 N–H and O–H groups in total. The highest BCUT2D eigenvalue weighted by molar-refractivity contribution is 5.84. The largest absolute Gasteiger partial charge is 0.491 e. The maximum absolute atomic E-state index is 11.5. The van der Waals surface area contributed by atoms with Crippen molar-refractivity contribution in [1.82, 2.24) is 24.9 Å². The van der Waals surface area contributed by atoms with Gasteiger partial charge in [0.25, 0.3) is 0 Å². The normalized spacial score (nSPS) is 11.3. The van der Waals surface area contributed by atoms with Gasteiger partial charge in [0.05, 0.1) is 23.7 Å². The van der Waals surface area contributed by atoms with Crippen molar-refractivity contribution < 1.29 is 19.0 Å². The zero-order chi connectivity index (χ0) is 22.2. The number of amides is 1. The molecule has 0 saturated carbocycles. The Morgan fingerprint density at radius 1 is 1.16 bits per heavy atom. The molecular weight excluding hydrogens is 400 g/mol. The van der Waals surface area contributed by atoms with E-state index in [1.165, 1.54) is 0 Å². The Kier molecular flexibility index (Phi) is 7.82. The average molecular weight is 431 g/mol. The molecule has 0 unspecified atom stereocenters. The van der Waals surface area contributed by atoms with Crippen LogP contribution in [-0.2, 0) is 9.47 Å². The first-order valence-corrected chi connectivity index (χ1v) is 10.4. The van der Waals surface area contributed by atoms with Crippen molar-refractivity contribution in [2.75, 3.05) is 38.7 Å². The van der Waals surface area contributed by atoms with E-state index < -0.39 is 0 Å². The van der Waals surface area contributed by atoms with Crippen molar-refractivity contribution in [3.8, 4) is 5.75 Å². The number of nitrogens with one attached hydrogen (secondary N) is 2. The summed E-state index contributed by atoms with van der Waals surface area (Å²) in [7, 11) is 1.64. The van der Waals surface area contributed by atoms with Crippen molar-refractivity contribution in [3.05, 3.63) is 24.0 Å². The topological polar surface area (TPSA) is 112 Å². The van der Waals surface area contributed by atoms with Crippen LogP contribution in [0.15, 0.2) is 18.2 Å². The summed E-state index contributed by atoms with van der Waals surface area (Å²) in [6.45, 7) is 7.79. The monoisotopic (exact) mass is 430 g/mol. The lowest BCUT2D eigenvalue weighted by molar-refractivity contribution is 0.115. The fourth-order valence-corrected chi connectivity index (χ4v) is 3.11. The quantitative estimate of drug-likeness (QED) is 0.447. The molecule has 31 heavy (non-hydrogen) atoms. The van der Waals surface area contributed by atoms with Crippen LogP contribution in [0.2, 0.25) is 0 Å². The van der Waals surface area contributed by atoms with E-state index in [9.17, 15) is 4.79 Å². The Bertz CT molecular complexity index is 1020. The molecule has 0 saturated heterocycles. The van der Waals surface area contributed by atoms with Gasteiger partial charge >= 0.3 is 6.09 Å². The van der Waals surface area contributed by atoms with E-state index in [-0.39, 0.29) is 12.2 Å². The van der Waals surface area contributed by atoms with Gasteiger partial charge in [0, 0.05) is 26.3 Å². The predicted molar refractivity (Wildman–Crippen MR) is 118 cm³/mol. The van der Waals surface area contributed by atoms with Crippen molar-refractivity contribution in [3.63, 3.8) is 0 Å². The van der Waals surface area contributed by atoms with E-state index in [4.69, 9.17) is 19.2 Å². The first-order chi connectivity index (χ1) is 15.0. The first-order valence-electron chi connectivity index (χ1n) is 10.4. The Labute approximate surface area is 181 Å². The van der Waals surface area contributed by atoms with Crippen LogP contribution in [0.1, 0.15) is 32.5 Å². The van der Waals surface area contributed by atoms with Gasteiger partial charge in [-0.05, 0) is 45.7 Å². The van der Waals surface area contributed by atoms with E-state index in [0.29, 0.717) is 37.8 Å². The number of benzene rings is 1. The second-order valence-electron chi connectivity index (χ2n) is 7.37. The Morgan fingerprint density at radius 3 is 2.74 bits per heavy atom. The molecule has 0 bridgehead atoms. The second kappa shape index (κ2) is 10.8. The van der Waals surface area contributed by atoms with Crippen molar-refractivity contribution in [1.29, 1.82) is 0 Å². The molecule has 0 spiro atoms. The standard InChI is InChI=1S/C21H30N6O4/c1-14(2)31-21(28)23-10-6-5-9-22-19-20-26-25-15(3)27(20)18-8-7-16(13-17(18)24-19)30-12-11-29-4/h7-8,13-14H,5-6,9-12H2,1-4H3,(H,22,24)(H,23,28). The van der Waals surface area contributed by atoms with Gasteiger partial charge in [-0.15, -0.1) is 10.2 Å². The minimum atomic E-state index is -0.386. The van der Waals surface area contributed by atoms with Crippen LogP contribution in [0.5, 0.6) is 5.75 Å². The number of methoxy groups -OCH3 is 1. The fourth-order valence-electron chi connectivity index (χ4n) is 3.11. The third-order valence-electron chi connectivity index (χ3n) is 4.52. The van der Waals surface area contributed by atoms with Crippen LogP contribution in [0.4, 0.5) is 10.6 Å². The van der Waals surface area contributed by atoms with E-state index in [0.717, 1.165) is 35.4 Å². The summed E-state index contributed by atoms with van der Waals surface area (Å²) >= 11 is 0. The van der Waals surface area contributed by atoms with Crippen LogP contribution < -0.4 is 15.4 Å². The van der Waals surface area contributed by atoms with E-state index in [1.54, 1.807) is 7.11 Å². The number of anilines is 1. The zero-order valence-corrected chi connectivity index (χ0v) is 18.5. The number of aromatic nitrogens is 4. The van der Waals surface area contributed by atoms with Crippen LogP contribution >= 0.6 is 0 Å². The number of alkyl carbamates (subject to hydrolysis) is 1. The summed E-state index contributed by atoms with van der Waals surface area (Å²) in [6.07, 6.45) is 1.15. The summed E-state index contributed by atoms with van der Waals surface area (Å²) in [5.41, 5.74) is 2.37. The number of hydrogen-bond donors (Lipinski definition) is 2. The summed E-state index contributed by atoms with van der Waals surface area (Å²) < 4.78 is 17.8. The molecule has 1 amide bonds. The Morgan fingerprint density at radius 2 is 1.97 bits per heavy atom. The zero-order valence-electron chi connectivity index (χ0n) is 18.5. The van der Waals surface area contributed by atoms with Gasteiger partial charge in [0.1, 0.15) is 18.2 Å². The molecule has 1 aromatic carbocycles. The van der Waals surface area contributed by atoms with E-state index >= 15 is 0 Å². The summed E-state index contributed by atoms with van der Waals surface area (Å²) in [4.78, 5) is 16.2. The lowest BCUT2D eigenvalue weighted by Crippen LogP contribution is -2.27. The molecule has 2 heterocycles. The first kappa shape index (κ1) is 22.5. The van der Waals surface area contributed by atoms with Crippen molar-refractivity contribution in [2.45, 2.75) is 39.7 Å². The van der Waals surface area contributed by atoms with Crippen molar-refractivity contribution in [2.24, 2.45) is 0 Å². The molecule has 0 aliphatic carbocycles. The summed E-state index contributed by atoms with van der Waals surface area (Å²) in [6, 6.07) is 5.77. The van der Waals surface area contributed by atoms with Gasteiger partial charge in [-0.1, -0.05) is 0 Å². The molecule has 0 aliphatic heterocycles. The number of ether oxygens (including phenoxy) is 3. The van der Waals surface area contributed by atoms with E-state index in [1.807, 2.05) is 43.4 Å². The summed E-state index contributed by atoms with van der Waals surface area (Å²) in [5, 5.41) is 14.6. The highest BCUT2D eigenvalue weighted by Gasteiger charge is 2.13. The highest BCUT2D eigenvalue weighted by atomic mass is 16.6. The Balaban J connectivity index is 1.65. The molecule has 0 radical (unpaired) electrons. The molecule has 3 aromatic rings. The van der Waals surface area contributed by atoms with Crippen LogP contribution in [0.3, 0.4) is 0 Å². The minimum Gasteiger partial charge on any atom is -0.491 e. The number of rotatable bonds is 11. The highest BCUT2D eigenvalue weighted by Crippen LogP contribution is 2.25. The predicted octanol–water partition coefficient (Wildman–Crippen LogP) is 2.94. The second-order valence-corrected chi connectivity index (χ2v) is 7.37. The number of nitrogens with zero attached hydrogens (tertiary/aromatic N) is 4. The number of aryl methyl sites for hydroxylation is 1. The van der Waals surface area contributed by atoms with Crippen LogP contribution in [-0.4, -0.2) is 65.2 Å². The lowest BCUT2D eigenvalue weighted by Gasteiger charge is -2.12. The average Bonchev–Trinajstić information content (AvgIpc) is 3.12.